The van der Waals surface area contributed by atoms with Gasteiger partial charge in [-0.1, -0.05) is 36.4 Å². The highest BCUT2D eigenvalue weighted by molar-refractivity contribution is 5.83. The van der Waals surface area contributed by atoms with E-state index < -0.39 is 11.8 Å². The molecule has 6 nitrogen and oxygen atoms in total. The van der Waals surface area contributed by atoms with E-state index in [4.69, 9.17) is 9.15 Å². The van der Waals surface area contributed by atoms with Gasteiger partial charge >= 0.3 is 5.76 Å². The zero-order chi connectivity index (χ0) is 20.4. The van der Waals surface area contributed by atoms with E-state index >= 15 is 0 Å². The Balaban J connectivity index is 1.58. The Hall–Kier alpha value is -2.86. The maximum absolute atomic E-state index is 13.0. The molecule has 2 heterocycles. The van der Waals surface area contributed by atoms with Crippen LogP contribution in [0.5, 0.6) is 0 Å². The van der Waals surface area contributed by atoms with Crippen LogP contribution in [-0.2, 0) is 14.9 Å². The second-order valence-electron chi connectivity index (χ2n) is 7.81. The van der Waals surface area contributed by atoms with Gasteiger partial charge in [-0.05, 0) is 49.9 Å². The number of carbonyl (C=O) groups excluding carboxylic acids is 1. The monoisotopic (exact) mass is 394 g/mol. The van der Waals surface area contributed by atoms with E-state index in [0.717, 1.165) is 12.8 Å². The number of carbonyl (C=O) groups is 1. The van der Waals surface area contributed by atoms with E-state index in [9.17, 15) is 9.59 Å². The van der Waals surface area contributed by atoms with Crippen LogP contribution in [0, 0.1) is 6.92 Å². The highest BCUT2D eigenvalue weighted by Crippen LogP contribution is 2.36. The first-order valence-electron chi connectivity index (χ1n) is 10.0. The molecule has 1 atom stereocenters. The summed E-state index contributed by atoms with van der Waals surface area (Å²) in [6, 6.07) is 14.8. The number of amides is 1. The number of nitrogens with one attached hydrogen (secondary N) is 1. The predicted octanol–water partition coefficient (Wildman–Crippen LogP) is 3.33. The summed E-state index contributed by atoms with van der Waals surface area (Å²) in [7, 11) is 0. The van der Waals surface area contributed by atoms with Crippen LogP contribution in [0.4, 0.5) is 0 Å². The fourth-order valence-electron chi connectivity index (χ4n) is 4.34. The first kappa shape index (κ1) is 19.5. The van der Waals surface area contributed by atoms with Crippen molar-refractivity contribution in [1.29, 1.82) is 0 Å². The van der Waals surface area contributed by atoms with Crippen molar-refractivity contribution in [1.82, 2.24) is 9.88 Å². The van der Waals surface area contributed by atoms with Crippen LogP contribution in [0.3, 0.4) is 0 Å². The number of oxazole rings is 1. The highest BCUT2D eigenvalue weighted by atomic mass is 16.5. The lowest BCUT2D eigenvalue weighted by Gasteiger charge is -2.39. The second-order valence-corrected chi connectivity index (χ2v) is 7.81. The summed E-state index contributed by atoms with van der Waals surface area (Å²) >= 11 is 0. The summed E-state index contributed by atoms with van der Waals surface area (Å²) in [6.45, 7) is 5.68. The lowest BCUT2D eigenvalue weighted by Crippen LogP contribution is -2.46. The summed E-state index contributed by atoms with van der Waals surface area (Å²) < 4.78 is 12.3. The Morgan fingerprint density at radius 2 is 1.83 bits per heavy atom. The highest BCUT2D eigenvalue weighted by Gasteiger charge is 2.36. The topological polar surface area (TPSA) is 73.5 Å². The Morgan fingerprint density at radius 3 is 2.59 bits per heavy atom. The van der Waals surface area contributed by atoms with E-state index in [0.29, 0.717) is 30.9 Å². The number of rotatable bonds is 5. The van der Waals surface area contributed by atoms with Crippen molar-refractivity contribution in [3.8, 4) is 0 Å². The fraction of sp³-hybridized carbons (Fsp3) is 0.391. The van der Waals surface area contributed by atoms with Crippen LogP contribution in [0.2, 0.25) is 0 Å². The third-order valence-electron chi connectivity index (χ3n) is 6.05. The molecule has 0 bridgehead atoms. The van der Waals surface area contributed by atoms with Gasteiger partial charge in [-0.3, -0.25) is 9.36 Å². The SMILES string of the molecule is Cc1ccccc1C1(CNC(=O)C(C)n2c(=O)oc3ccccc32)CCOCC1. The molecule has 1 aliphatic rings. The molecule has 1 N–H and O–H groups in total. The number of aryl methyl sites for hydroxylation is 1. The standard InChI is InChI=1S/C23H26N2O4/c1-16-7-3-4-8-18(16)23(11-13-28-14-12-23)15-24-21(26)17(2)25-19-9-5-6-10-20(19)29-22(25)27/h3-10,17H,11-15H2,1-2H3,(H,24,26). The Kier molecular flexibility index (Phi) is 5.28. The zero-order valence-electron chi connectivity index (χ0n) is 16.8. The van der Waals surface area contributed by atoms with Crippen molar-refractivity contribution in [2.75, 3.05) is 19.8 Å². The quantitative estimate of drug-likeness (QED) is 0.720. The average Bonchev–Trinajstić information content (AvgIpc) is 3.08. The average molecular weight is 394 g/mol. The first-order valence-corrected chi connectivity index (χ1v) is 10.0. The van der Waals surface area contributed by atoms with E-state index in [2.05, 4.69) is 24.4 Å². The van der Waals surface area contributed by atoms with Gasteiger partial charge in [-0.2, -0.15) is 0 Å². The van der Waals surface area contributed by atoms with E-state index in [1.54, 1.807) is 25.1 Å². The molecule has 0 aliphatic carbocycles. The summed E-state index contributed by atoms with van der Waals surface area (Å²) in [5.74, 6) is -0.716. The van der Waals surface area contributed by atoms with Crippen LogP contribution in [-0.4, -0.2) is 30.2 Å². The number of hydrogen-bond donors (Lipinski definition) is 1. The van der Waals surface area contributed by atoms with Crippen LogP contribution < -0.4 is 11.1 Å². The Labute approximate surface area is 169 Å². The third kappa shape index (κ3) is 3.60. The van der Waals surface area contributed by atoms with Gasteiger partial charge in [-0.25, -0.2) is 4.79 Å². The van der Waals surface area contributed by atoms with Crippen molar-refractivity contribution in [2.45, 2.75) is 38.1 Å². The maximum Gasteiger partial charge on any atom is 0.420 e. The summed E-state index contributed by atoms with van der Waals surface area (Å²) in [6.07, 6.45) is 1.70. The van der Waals surface area contributed by atoms with Gasteiger partial charge in [0.25, 0.3) is 0 Å². The lowest BCUT2D eigenvalue weighted by atomic mass is 9.72. The molecule has 1 amide bonds. The number of benzene rings is 2. The minimum atomic E-state index is -0.667. The molecular formula is C23H26N2O4. The number of nitrogens with zero attached hydrogens (tertiary/aromatic N) is 1. The first-order chi connectivity index (χ1) is 14.0. The number of para-hydroxylation sites is 2. The fourth-order valence-corrected chi connectivity index (χ4v) is 4.34. The molecule has 152 valence electrons. The maximum atomic E-state index is 13.0. The minimum Gasteiger partial charge on any atom is -0.408 e. The normalized spacial score (nSPS) is 17.2. The van der Waals surface area contributed by atoms with E-state index in [1.807, 2.05) is 18.2 Å². The number of aromatic nitrogens is 1. The Morgan fingerprint density at radius 1 is 1.14 bits per heavy atom. The van der Waals surface area contributed by atoms with Gasteiger partial charge in [-0.15, -0.1) is 0 Å². The molecule has 3 aromatic rings. The lowest BCUT2D eigenvalue weighted by molar-refractivity contribution is -0.124. The summed E-state index contributed by atoms with van der Waals surface area (Å²) in [5, 5.41) is 3.10. The molecule has 4 rings (SSSR count). The minimum absolute atomic E-state index is 0.164. The number of hydrogen-bond acceptors (Lipinski definition) is 4. The van der Waals surface area contributed by atoms with Crippen LogP contribution >= 0.6 is 0 Å². The van der Waals surface area contributed by atoms with Crippen LogP contribution in [0.15, 0.2) is 57.7 Å². The largest absolute Gasteiger partial charge is 0.420 e. The molecule has 1 saturated heterocycles. The molecule has 1 aliphatic heterocycles. The van der Waals surface area contributed by atoms with E-state index in [-0.39, 0.29) is 11.3 Å². The molecule has 0 spiro atoms. The van der Waals surface area contributed by atoms with Crippen LogP contribution in [0.25, 0.3) is 11.1 Å². The summed E-state index contributed by atoms with van der Waals surface area (Å²) in [4.78, 5) is 25.3. The van der Waals surface area contributed by atoms with Crippen LogP contribution in [0.1, 0.15) is 36.9 Å². The molecule has 6 heteroatoms. The second kappa shape index (κ2) is 7.87. The smallest absolute Gasteiger partial charge is 0.408 e. The predicted molar refractivity (Wildman–Crippen MR) is 111 cm³/mol. The van der Waals surface area contributed by atoms with Gasteiger partial charge in [0, 0.05) is 25.2 Å². The van der Waals surface area contributed by atoms with Crippen molar-refractivity contribution < 1.29 is 13.9 Å². The summed E-state index contributed by atoms with van der Waals surface area (Å²) in [5.41, 5.74) is 3.41. The van der Waals surface area contributed by atoms with Crippen molar-refractivity contribution in [2.24, 2.45) is 0 Å². The molecule has 1 fully saturated rings. The molecule has 0 radical (unpaired) electrons. The van der Waals surface area contributed by atoms with Gasteiger partial charge in [0.1, 0.15) is 6.04 Å². The molecular weight excluding hydrogens is 368 g/mol. The number of fused-ring (bicyclic) bond motifs is 1. The molecule has 0 saturated carbocycles. The number of ether oxygens (including phenoxy) is 1. The van der Waals surface area contributed by atoms with Gasteiger partial charge in [0.2, 0.25) is 5.91 Å². The van der Waals surface area contributed by atoms with E-state index in [1.165, 1.54) is 15.7 Å². The van der Waals surface area contributed by atoms with Gasteiger partial charge in [0.05, 0.1) is 5.52 Å². The van der Waals surface area contributed by atoms with Crippen molar-refractivity contribution in [3.05, 3.63) is 70.2 Å². The molecule has 29 heavy (non-hydrogen) atoms. The van der Waals surface area contributed by atoms with Crippen molar-refractivity contribution >= 4 is 17.0 Å². The third-order valence-corrected chi connectivity index (χ3v) is 6.05. The van der Waals surface area contributed by atoms with Gasteiger partial charge in [0.15, 0.2) is 5.58 Å². The Bertz CT molecular complexity index is 1080. The molecule has 2 aromatic carbocycles. The molecule has 1 aromatic heterocycles. The zero-order valence-corrected chi connectivity index (χ0v) is 16.8. The van der Waals surface area contributed by atoms with Crippen molar-refractivity contribution in [3.63, 3.8) is 0 Å². The van der Waals surface area contributed by atoms with Gasteiger partial charge < -0.3 is 14.5 Å². The molecule has 1 unspecified atom stereocenters.